The molecule has 8 heteroatoms. The van der Waals surface area contributed by atoms with Crippen molar-refractivity contribution in [1.29, 1.82) is 0 Å². The van der Waals surface area contributed by atoms with Gasteiger partial charge in [0.25, 0.3) is 11.8 Å². The maximum absolute atomic E-state index is 13.3. The number of ether oxygens (including phenoxy) is 1. The molecule has 2 aromatic carbocycles. The number of rotatable bonds is 6. The van der Waals surface area contributed by atoms with Crippen molar-refractivity contribution in [2.45, 2.75) is 51.6 Å². The Balaban J connectivity index is 1.14. The number of carbonyl (C=O) groups is 4. The summed E-state index contributed by atoms with van der Waals surface area (Å²) in [6.07, 6.45) is 2.83. The molecule has 1 unspecified atom stereocenters. The van der Waals surface area contributed by atoms with E-state index in [0.717, 1.165) is 49.7 Å². The van der Waals surface area contributed by atoms with E-state index in [0.29, 0.717) is 23.0 Å². The number of aryl methyl sites for hydroxylation is 3. The van der Waals surface area contributed by atoms with E-state index in [1.165, 1.54) is 23.1 Å². The number of hydrogen-bond acceptors (Lipinski definition) is 6. The average molecular weight is 502 g/mol. The van der Waals surface area contributed by atoms with Crippen molar-refractivity contribution >= 4 is 23.6 Å². The van der Waals surface area contributed by atoms with Gasteiger partial charge in [-0.2, -0.15) is 0 Å². The summed E-state index contributed by atoms with van der Waals surface area (Å²) in [6.45, 7) is 7.11. The number of amides is 4. The van der Waals surface area contributed by atoms with Crippen molar-refractivity contribution in [3.05, 3.63) is 69.8 Å². The van der Waals surface area contributed by atoms with Crippen molar-refractivity contribution in [3.63, 3.8) is 0 Å². The van der Waals surface area contributed by atoms with E-state index in [4.69, 9.17) is 4.74 Å². The lowest BCUT2D eigenvalue weighted by atomic mass is 9.85. The van der Waals surface area contributed by atoms with Crippen LogP contribution >= 0.6 is 0 Å². The van der Waals surface area contributed by atoms with Crippen LogP contribution in [0.1, 0.15) is 62.2 Å². The number of imide groups is 2. The molecule has 0 radical (unpaired) electrons. The van der Waals surface area contributed by atoms with Gasteiger partial charge >= 0.3 is 0 Å². The van der Waals surface area contributed by atoms with Gasteiger partial charge in [-0.15, -0.1) is 0 Å². The molecule has 4 aliphatic rings. The quantitative estimate of drug-likeness (QED) is 0.611. The summed E-state index contributed by atoms with van der Waals surface area (Å²) in [5.74, 6) is -1.88. The zero-order chi connectivity index (χ0) is 25.7. The maximum atomic E-state index is 13.3. The molecule has 8 nitrogen and oxygen atoms in total. The molecule has 0 saturated carbocycles. The number of fused-ring (bicyclic) bond motifs is 1. The molecule has 1 spiro atoms. The number of nitrogens with one attached hydrogen (secondary N) is 1. The Morgan fingerprint density at radius 1 is 1.03 bits per heavy atom. The summed E-state index contributed by atoms with van der Waals surface area (Å²) in [6, 6.07) is 11.0. The van der Waals surface area contributed by atoms with Gasteiger partial charge in [-0.1, -0.05) is 30.3 Å². The summed E-state index contributed by atoms with van der Waals surface area (Å²) >= 11 is 0. The molecule has 4 amide bonds. The van der Waals surface area contributed by atoms with Gasteiger partial charge in [-0.05, 0) is 67.5 Å². The molecule has 3 fully saturated rings. The van der Waals surface area contributed by atoms with Crippen molar-refractivity contribution in [1.82, 2.24) is 15.1 Å². The first kappa shape index (κ1) is 24.0. The molecule has 192 valence electrons. The molecule has 0 bridgehead atoms. The van der Waals surface area contributed by atoms with Gasteiger partial charge in [-0.25, -0.2) is 0 Å². The Morgan fingerprint density at radius 3 is 2.57 bits per heavy atom. The summed E-state index contributed by atoms with van der Waals surface area (Å²) in [4.78, 5) is 53.9. The molecule has 1 N–H and O–H groups in total. The van der Waals surface area contributed by atoms with Crippen LogP contribution in [0.5, 0.6) is 0 Å². The third-order valence-corrected chi connectivity index (χ3v) is 8.37. The second-order valence-electron chi connectivity index (χ2n) is 11.0. The van der Waals surface area contributed by atoms with E-state index in [-0.39, 0.29) is 18.7 Å². The Morgan fingerprint density at radius 2 is 1.86 bits per heavy atom. The molecule has 2 aromatic rings. The normalized spacial score (nSPS) is 22.9. The van der Waals surface area contributed by atoms with Gasteiger partial charge < -0.3 is 4.74 Å². The first-order chi connectivity index (χ1) is 17.8. The smallest absolute Gasteiger partial charge is 0.262 e. The average Bonchev–Trinajstić information content (AvgIpc) is 3.40. The van der Waals surface area contributed by atoms with Gasteiger partial charge in [0.2, 0.25) is 11.8 Å². The summed E-state index contributed by atoms with van der Waals surface area (Å²) in [5.41, 5.74) is 5.68. The molecular formula is C29H31N3O5. The van der Waals surface area contributed by atoms with Crippen LogP contribution in [0.2, 0.25) is 0 Å². The number of piperidine rings is 1. The second-order valence-corrected chi connectivity index (χ2v) is 11.0. The maximum Gasteiger partial charge on any atom is 0.262 e. The monoisotopic (exact) mass is 501 g/mol. The summed E-state index contributed by atoms with van der Waals surface area (Å²) < 4.78 is 5.45. The van der Waals surface area contributed by atoms with Crippen molar-refractivity contribution in [2.24, 2.45) is 5.41 Å². The topological polar surface area (TPSA) is 96.0 Å². The van der Waals surface area contributed by atoms with Gasteiger partial charge in [0.05, 0.1) is 24.3 Å². The summed E-state index contributed by atoms with van der Waals surface area (Å²) in [5, 5.41) is 2.24. The Hall–Kier alpha value is -3.36. The third-order valence-electron chi connectivity index (χ3n) is 8.37. The van der Waals surface area contributed by atoms with Crippen LogP contribution in [-0.2, 0) is 33.7 Å². The SMILES string of the molecule is Cc1cc(CCc2cccc3c2C(=O)N(C2CCC(=O)NC2=O)C3=O)ccc1CN1CCC2(COC2)C1. The van der Waals surface area contributed by atoms with Crippen LogP contribution in [-0.4, -0.2) is 65.8 Å². The molecule has 6 rings (SSSR count). The predicted molar refractivity (Wildman–Crippen MR) is 135 cm³/mol. The number of nitrogens with zero attached hydrogens (tertiary/aromatic N) is 2. The zero-order valence-electron chi connectivity index (χ0n) is 21.0. The lowest BCUT2D eigenvalue weighted by molar-refractivity contribution is -0.136. The number of carbonyl (C=O) groups excluding carboxylic acids is 4. The van der Waals surface area contributed by atoms with Gasteiger partial charge in [0, 0.05) is 24.9 Å². The van der Waals surface area contributed by atoms with E-state index >= 15 is 0 Å². The standard InChI is InChI=1S/C29H31N3O5/c1-18-13-19(6-8-21(18)14-31-12-11-29(15-31)16-37-17-29)5-7-20-3-2-4-22-25(20)28(36)32(27(22)35)23-9-10-24(33)30-26(23)34/h2-4,6,8,13,23H,5,7,9-12,14-17H2,1H3,(H,30,33,34). The molecule has 37 heavy (non-hydrogen) atoms. The molecule has 3 saturated heterocycles. The van der Waals surface area contributed by atoms with E-state index in [1.54, 1.807) is 12.1 Å². The highest BCUT2D eigenvalue weighted by molar-refractivity contribution is 6.24. The second kappa shape index (κ2) is 9.19. The molecule has 4 aliphatic heterocycles. The lowest BCUT2D eigenvalue weighted by Crippen LogP contribution is -2.54. The highest BCUT2D eigenvalue weighted by atomic mass is 16.5. The highest BCUT2D eigenvalue weighted by Crippen LogP contribution is 2.38. The fraction of sp³-hybridized carbons (Fsp3) is 0.448. The molecule has 1 atom stereocenters. The van der Waals surface area contributed by atoms with E-state index in [1.807, 2.05) is 6.07 Å². The van der Waals surface area contributed by atoms with E-state index < -0.39 is 23.8 Å². The number of benzene rings is 2. The minimum atomic E-state index is -0.949. The third kappa shape index (κ3) is 4.28. The minimum Gasteiger partial charge on any atom is -0.380 e. The summed E-state index contributed by atoms with van der Waals surface area (Å²) in [7, 11) is 0. The van der Waals surface area contributed by atoms with Gasteiger partial charge in [0.15, 0.2) is 0 Å². The fourth-order valence-electron chi connectivity index (χ4n) is 6.19. The zero-order valence-corrected chi connectivity index (χ0v) is 21.0. The van der Waals surface area contributed by atoms with Crippen molar-refractivity contribution in [3.8, 4) is 0 Å². The van der Waals surface area contributed by atoms with Crippen molar-refractivity contribution in [2.75, 3.05) is 26.3 Å². The minimum absolute atomic E-state index is 0.110. The van der Waals surface area contributed by atoms with Crippen LogP contribution in [0, 0.1) is 12.3 Å². The Kier molecular flexibility index (Phi) is 5.96. The van der Waals surface area contributed by atoms with Crippen LogP contribution in [0.25, 0.3) is 0 Å². The van der Waals surface area contributed by atoms with E-state index in [9.17, 15) is 19.2 Å². The Labute approximate surface area is 215 Å². The molecular weight excluding hydrogens is 470 g/mol. The molecule has 4 heterocycles. The van der Waals surface area contributed by atoms with Crippen LogP contribution in [0.4, 0.5) is 0 Å². The largest absolute Gasteiger partial charge is 0.380 e. The van der Waals surface area contributed by atoms with Crippen LogP contribution in [0.3, 0.4) is 0 Å². The first-order valence-corrected chi connectivity index (χ1v) is 13.1. The van der Waals surface area contributed by atoms with Crippen molar-refractivity contribution < 1.29 is 23.9 Å². The lowest BCUT2D eigenvalue weighted by Gasteiger charge is -2.37. The van der Waals surface area contributed by atoms with Gasteiger partial charge in [0.1, 0.15) is 6.04 Å². The highest BCUT2D eigenvalue weighted by Gasteiger charge is 2.46. The Bertz CT molecular complexity index is 1310. The fourth-order valence-corrected chi connectivity index (χ4v) is 6.19. The molecule has 0 aliphatic carbocycles. The van der Waals surface area contributed by atoms with E-state index in [2.05, 4.69) is 35.3 Å². The number of likely N-dealkylation sites (tertiary alicyclic amines) is 1. The van der Waals surface area contributed by atoms with Crippen LogP contribution in [0.15, 0.2) is 36.4 Å². The first-order valence-electron chi connectivity index (χ1n) is 13.1. The predicted octanol–water partition coefficient (Wildman–Crippen LogP) is 2.40. The van der Waals surface area contributed by atoms with Gasteiger partial charge in [-0.3, -0.25) is 34.3 Å². The number of hydrogen-bond donors (Lipinski definition) is 1. The molecule has 0 aromatic heterocycles. The van der Waals surface area contributed by atoms with Crippen LogP contribution < -0.4 is 5.32 Å².